The van der Waals surface area contributed by atoms with Crippen LogP contribution >= 0.6 is 46.3 Å². The first-order valence-electron chi connectivity index (χ1n) is 6.40. The average Bonchev–Trinajstić information content (AvgIpc) is 2.92. The summed E-state index contributed by atoms with van der Waals surface area (Å²) in [5.41, 5.74) is 0.778. The third kappa shape index (κ3) is 4.98. The summed E-state index contributed by atoms with van der Waals surface area (Å²) in [7, 11) is 0. The molecule has 0 fully saturated rings. The summed E-state index contributed by atoms with van der Waals surface area (Å²) in [6.07, 6.45) is 2.54. The minimum atomic E-state index is -0.146. The van der Waals surface area contributed by atoms with Gasteiger partial charge in [0.1, 0.15) is 0 Å². The molecule has 1 aromatic heterocycles. The minimum Gasteiger partial charge on any atom is -0.300 e. The third-order valence-corrected chi connectivity index (χ3v) is 5.32. The molecule has 1 N–H and O–H groups in total. The van der Waals surface area contributed by atoms with Gasteiger partial charge in [0.25, 0.3) is 0 Å². The summed E-state index contributed by atoms with van der Waals surface area (Å²) >= 11 is 15.0. The van der Waals surface area contributed by atoms with Crippen LogP contribution in [0.1, 0.15) is 12.0 Å². The van der Waals surface area contributed by atoms with E-state index in [1.807, 2.05) is 0 Å². The predicted octanol–water partition coefficient (Wildman–Crippen LogP) is 4.69. The molecule has 0 aliphatic heterocycles. The summed E-state index contributed by atoms with van der Waals surface area (Å²) in [5.74, 6) is 0.612. The van der Waals surface area contributed by atoms with Gasteiger partial charge in [0.05, 0.1) is 0 Å². The topological polar surface area (TPSA) is 54.9 Å². The largest absolute Gasteiger partial charge is 0.300 e. The number of nitrogens with zero attached hydrogens (tertiary/aromatic N) is 2. The molecule has 0 aliphatic carbocycles. The van der Waals surface area contributed by atoms with Crippen molar-refractivity contribution in [1.29, 1.82) is 0 Å². The van der Waals surface area contributed by atoms with E-state index in [4.69, 9.17) is 23.2 Å². The van der Waals surface area contributed by atoms with Crippen LogP contribution < -0.4 is 5.32 Å². The van der Waals surface area contributed by atoms with Gasteiger partial charge in [0, 0.05) is 22.2 Å². The molecule has 116 valence electrons. The van der Waals surface area contributed by atoms with E-state index in [1.165, 1.54) is 23.1 Å². The number of thioether (sulfide) groups is 1. The summed E-state index contributed by atoms with van der Waals surface area (Å²) in [6, 6.07) is 5.29. The summed E-state index contributed by atoms with van der Waals surface area (Å²) in [4.78, 5) is 12.0. The molecule has 22 heavy (non-hydrogen) atoms. The standard InChI is InChI=1S/C14H13Cl2N3OS2/c1-2-8-21-14-19-18-13(22-14)17-12(20)7-6-9-10(15)4-3-5-11(9)16/h2-5H,1,6-8H2,(H,17,18,20). The summed E-state index contributed by atoms with van der Waals surface area (Å²) in [5, 5.41) is 12.3. The first-order valence-corrected chi connectivity index (χ1v) is 8.96. The van der Waals surface area contributed by atoms with Gasteiger partial charge in [-0.25, -0.2) is 0 Å². The fraction of sp³-hybridized carbons (Fsp3) is 0.214. The maximum atomic E-state index is 12.0. The molecule has 1 amide bonds. The average molecular weight is 374 g/mol. The number of nitrogens with one attached hydrogen (secondary N) is 1. The molecule has 0 aliphatic rings. The van der Waals surface area contributed by atoms with Gasteiger partial charge in [0.2, 0.25) is 11.0 Å². The van der Waals surface area contributed by atoms with E-state index in [9.17, 15) is 4.79 Å². The molecule has 0 radical (unpaired) electrons. The quantitative estimate of drug-likeness (QED) is 0.434. The van der Waals surface area contributed by atoms with Crippen molar-refractivity contribution in [3.63, 3.8) is 0 Å². The molecule has 1 aromatic carbocycles. The van der Waals surface area contributed by atoms with E-state index in [-0.39, 0.29) is 12.3 Å². The lowest BCUT2D eigenvalue weighted by atomic mass is 10.1. The first kappa shape index (κ1) is 17.3. The van der Waals surface area contributed by atoms with Crippen LogP contribution in [0.3, 0.4) is 0 Å². The van der Waals surface area contributed by atoms with Gasteiger partial charge in [-0.05, 0) is 24.1 Å². The van der Waals surface area contributed by atoms with Crippen LogP contribution in [0.25, 0.3) is 0 Å². The summed E-state index contributed by atoms with van der Waals surface area (Å²) in [6.45, 7) is 3.64. The monoisotopic (exact) mass is 373 g/mol. The number of rotatable bonds is 7. The van der Waals surface area contributed by atoms with Gasteiger partial charge in [0.15, 0.2) is 4.34 Å². The highest BCUT2D eigenvalue weighted by molar-refractivity contribution is 8.01. The van der Waals surface area contributed by atoms with Gasteiger partial charge in [-0.3, -0.25) is 4.79 Å². The second-order valence-electron chi connectivity index (χ2n) is 4.22. The normalized spacial score (nSPS) is 10.5. The Hall–Kier alpha value is -1.08. The molecule has 2 rings (SSSR count). The van der Waals surface area contributed by atoms with Crippen molar-refractivity contribution in [2.75, 3.05) is 11.1 Å². The molecule has 2 aromatic rings. The number of benzene rings is 1. The highest BCUT2D eigenvalue weighted by Crippen LogP contribution is 2.27. The Balaban J connectivity index is 1.88. The number of carbonyl (C=O) groups is 1. The second-order valence-corrected chi connectivity index (χ2v) is 7.28. The van der Waals surface area contributed by atoms with Crippen LogP contribution in [0.15, 0.2) is 35.2 Å². The Kier molecular flexibility index (Phi) is 6.70. The maximum Gasteiger partial charge on any atom is 0.226 e. The maximum absolute atomic E-state index is 12.0. The van der Waals surface area contributed by atoms with E-state index < -0.39 is 0 Å². The van der Waals surface area contributed by atoms with Gasteiger partial charge < -0.3 is 5.32 Å². The van der Waals surface area contributed by atoms with Crippen LogP contribution in [0.2, 0.25) is 10.0 Å². The molecule has 4 nitrogen and oxygen atoms in total. The molecule has 0 spiro atoms. The Morgan fingerprint density at radius 1 is 1.36 bits per heavy atom. The number of aromatic nitrogens is 2. The Morgan fingerprint density at radius 3 is 2.77 bits per heavy atom. The van der Waals surface area contributed by atoms with Crippen molar-refractivity contribution in [1.82, 2.24) is 10.2 Å². The summed E-state index contributed by atoms with van der Waals surface area (Å²) < 4.78 is 0.796. The van der Waals surface area contributed by atoms with Crippen molar-refractivity contribution < 1.29 is 4.79 Å². The minimum absolute atomic E-state index is 0.146. The molecule has 0 saturated heterocycles. The lowest BCUT2D eigenvalue weighted by molar-refractivity contribution is -0.116. The molecule has 1 heterocycles. The molecule has 0 unspecified atom stereocenters. The fourth-order valence-corrected chi connectivity index (χ4v) is 3.76. The SMILES string of the molecule is C=CCSc1nnc(NC(=O)CCc2c(Cl)cccc2Cl)s1. The number of hydrogen-bond acceptors (Lipinski definition) is 5. The van der Waals surface area contributed by atoms with Crippen molar-refractivity contribution in [2.45, 2.75) is 17.2 Å². The van der Waals surface area contributed by atoms with Crippen molar-refractivity contribution >= 4 is 57.3 Å². The number of amides is 1. The second kappa shape index (κ2) is 8.53. The lowest BCUT2D eigenvalue weighted by Crippen LogP contribution is -2.12. The number of carbonyl (C=O) groups excluding carboxylic acids is 1. The van der Waals surface area contributed by atoms with E-state index in [1.54, 1.807) is 24.3 Å². The molecular weight excluding hydrogens is 361 g/mol. The van der Waals surface area contributed by atoms with Crippen molar-refractivity contribution in [3.05, 3.63) is 46.5 Å². The Morgan fingerprint density at radius 2 is 2.09 bits per heavy atom. The van der Waals surface area contributed by atoms with Gasteiger partial charge in [-0.15, -0.1) is 16.8 Å². The third-order valence-electron chi connectivity index (χ3n) is 2.64. The van der Waals surface area contributed by atoms with Gasteiger partial charge >= 0.3 is 0 Å². The van der Waals surface area contributed by atoms with E-state index in [0.717, 1.165) is 15.7 Å². The van der Waals surface area contributed by atoms with Gasteiger partial charge in [-0.2, -0.15) is 0 Å². The van der Waals surface area contributed by atoms with E-state index >= 15 is 0 Å². The van der Waals surface area contributed by atoms with Crippen LogP contribution in [0.5, 0.6) is 0 Å². The highest BCUT2D eigenvalue weighted by Gasteiger charge is 2.11. The van der Waals surface area contributed by atoms with Gasteiger partial charge in [-0.1, -0.05) is 58.4 Å². The predicted molar refractivity (Wildman–Crippen MR) is 94.2 cm³/mol. The zero-order valence-corrected chi connectivity index (χ0v) is 14.7. The molecule has 0 bridgehead atoms. The van der Waals surface area contributed by atoms with Crippen LogP contribution in [-0.4, -0.2) is 21.9 Å². The van der Waals surface area contributed by atoms with Crippen LogP contribution in [0, 0.1) is 0 Å². The van der Waals surface area contributed by atoms with Crippen LogP contribution in [0.4, 0.5) is 5.13 Å². The van der Waals surface area contributed by atoms with Crippen molar-refractivity contribution in [3.8, 4) is 0 Å². The number of hydrogen-bond donors (Lipinski definition) is 1. The fourth-order valence-electron chi connectivity index (χ4n) is 1.64. The Labute approximate surface area is 146 Å². The smallest absolute Gasteiger partial charge is 0.226 e. The van der Waals surface area contributed by atoms with Crippen molar-refractivity contribution in [2.24, 2.45) is 0 Å². The highest BCUT2D eigenvalue weighted by atomic mass is 35.5. The van der Waals surface area contributed by atoms with E-state index in [2.05, 4.69) is 22.1 Å². The molecular formula is C14H13Cl2N3OS2. The molecule has 0 atom stereocenters. The zero-order chi connectivity index (χ0) is 15.9. The van der Waals surface area contributed by atoms with E-state index in [0.29, 0.717) is 21.6 Å². The molecule has 8 heteroatoms. The number of halogens is 2. The lowest BCUT2D eigenvalue weighted by Gasteiger charge is -2.06. The molecule has 0 saturated carbocycles. The zero-order valence-electron chi connectivity index (χ0n) is 11.5. The first-order chi connectivity index (χ1) is 10.6. The number of anilines is 1. The Bertz CT molecular complexity index is 656. The van der Waals surface area contributed by atoms with Crippen LogP contribution in [-0.2, 0) is 11.2 Å².